The summed E-state index contributed by atoms with van der Waals surface area (Å²) in [4.78, 5) is 33.2. The molecule has 1 aromatic heterocycles. The zero-order valence-electron chi connectivity index (χ0n) is 16.7. The van der Waals surface area contributed by atoms with Crippen molar-refractivity contribution in [3.05, 3.63) is 65.4 Å². The molecule has 0 bridgehead atoms. The lowest BCUT2D eigenvalue weighted by Gasteiger charge is -2.36. The smallest absolute Gasteiger partial charge is 0.328 e. The summed E-state index contributed by atoms with van der Waals surface area (Å²) >= 11 is 0. The summed E-state index contributed by atoms with van der Waals surface area (Å²) in [6, 6.07) is 14.6. The number of aromatic nitrogens is 1. The van der Waals surface area contributed by atoms with Crippen LogP contribution in [0.25, 0.3) is 10.9 Å². The standard InChI is InChI=1S/C23H23N3O3/c1-13(2)25-22(27)19-12-17-16-6-4-5-7-18(16)24-20(17)21(26(19)23(25)28)14-8-10-15(29-3)11-9-14/h4-11,13,19,21,24H,12H2,1-3H3. The molecule has 2 aromatic carbocycles. The van der Waals surface area contributed by atoms with Crippen molar-refractivity contribution < 1.29 is 14.3 Å². The number of carbonyl (C=O) groups excluding carboxylic acids is 2. The third kappa shape index (κ3) is 2.48. The van der Waals surface area contributed by atoms with E-state index in [0.29, 0.717) is 6.42 Å². The Hall–Kier alpha value is -3.28. The van der Waals surface area contributed by atoms with Gasteiger partial charge in [-0.25, -0.2) is 4.79 Å². The van der Waals surface area contributed by atoms with E-state index in [0.717, 1.165) is 33.5 Å². The first kappa shape index (κ1) is 17.8. The zero-order valence-corrected chi connectivity index (χ0v) is 16.7. The number of urea groups is 1. The number of carbonyl (C=O) groups is 2. The molecule has 1 fully saturated rings. The van der Waals surface area contributed by atoms with Crippen LogP contribution in [-0.2, 0) is 11.2 Å². The van der Waals surface area contributed by atoms with Crippen molar-refractivity contribution in [3.63, 3.8) is 0 Å². The Kier molecular flexibility index (Phi) is 3.91. The number of aromatic amines is 1. The Balaban J connectivity index is 1.72. The van der Waals surface area contributed by atoms with E-state index in [1.54, 1.807) is 12.0 Å². The van der Waals surface area contributed by atoms with Crippen LogP contribution in [-0.4, -0.2) is 45.9 Å². The highest BCUT2D eigenvalue weighted by atomic mass is 16.5. The lowest BCUT2D eigenvalue weighted by Crippen LogP contribution is -2.44. The normalized spacial score (nSPS) is 21.1. The number of benzene rings is 2. The van der Waals surface area contributed by atoms with E-state index >= 15 is 0 Å². The average Bonchev–Trinajstić information content (AvgIpc) is 3.22. The summed E-state index contributed by atoms with van der Waals surface area (Å²) in [7, 11) is 1.63. The molecule has 3 aromatic rings. The summed E-state index contributed by atoms with van der Waals surface area (Å²) in [5.41, 5.74) is 4.08. The van der Waals surface area contributed by atoms with Crippen molar-refractivity contribution in [2.24, 2.45) is 0 Å². The zero-order chi connectivity index (χ0) is 20.3. The summed E-state index contributed by atoms with van der Waals surface area (Å²) < 4.78 is 5.30. The van der Waals surface area contributed by atoms with Crippen molar-refractivity contribution >= 4 is 22.8 Å². The van der Waals surface area contributed by atoms with Crippen LogP contribution in [0.4, 0.5) is 4.79 Å². The third-order valence-electron chi connectivity index (χ3n) is 6.03. The topological polar surface area (TPSA) is 65.6 Å². The number of para-hydroxylation sites is 1. The molecule has 1 saturated heterocycles. The lowest BCUT2D eigenvalue weighted by atomic mass is 9.89. The Bertz CT molecular complexity index is 1120. The van der Waals surface area contributed by atoms with E-state index in [4.69, 9.17) is 4.74 Å². The summed E-state index contributed by atoms with van der Waals surface area (Å²) in [6.45, 7) is 3.76. The van der Waals surface area contributed by atoms with Crippen molar-refractivity contribution in [2.75, 3.05) is 7.11 Å². The number of ether oxygens (including phenoxy) is 1. The van der Waals surface area contributed by atoms with E-state index in [1.165, 1.54) is 4.90 Å². The molecular formula is C23H23N3O3. The molecule has 0 aliphatic carbocycles. The van der Waals surface area contributed by atoms with Gasteiger partial charge in [0.15, 0.2) is 0 Å². The van der Waals surface area contributed by atoms with Gasteiger partial charge in [0.05, 0.1) is 7.11 Å². The number of amides is 3. The van der Waals surface area contributed by atoms with Gasteiger partial charge in [0.25, 0.3) is 5.91 Å². The summed E-state index contributed by atoms with van der Waals surface area (Å²) in [5.74, 6) is 0.644. The highest BCUT2D eigenvalue weighted by molar-refractivity contribution is 6.06. The first-order chi connectivity index (χ1) is 14.0. The van der Waals surface area contributed by atoms with Crippen LogP contribution in [0.3, 0.4) is 0 Å². The number of rotatable bonds is 3. The van der Waals surface area contributed by atoms with Crippen molar-refractivity contribution in [2.45, 2.75) is 38.4 Å². The number of methoxy groups -OCH3 is 1. The van der Waals surface area contributed by atoms with E-state index in [2.05, 4.69) is 11.1 Å². The third-order valence-corrected chi connectivity index (χ3v) is 6.03. The van der Waals surface area contributed by atoms with Gasteiger partial charge in [-0.15, -0.1) is 0 Å². The highest BCUT2D eigenvalue weighted by Gasteiger charge is 2.53. The number of nitrogens with zero attached hydrogens (tertiary/aromatic N) is 2. The average molecular weight is 389 g/mol. The number of nitrogens with one attached hydrogen (secondary N) is 1. The van der Waals surface area contributed by atoms with Crippen molar-refractivity contribution in [1.29, 1.82) is 0 Å². The van der Waals surface area contributed by atoms with Gasteiger partial charge >= 0.3 is 6.03 Å². The lowest BCUT2D eigenvalue weighted by molar-refractivity contribution is -0.129. The molecule has 3 heterocycles. The van der Waals surface area contributed by atoms with Crippen LogP contribution in [0.15, 0.2) is 48.5 Å². The highest BCUT2D eigenvalue weighted by Crippen LogP contribution is 2.44. The maximum atomic E-state index is 13.3. The molecule has 0 spiro atoms. The molecule has 1 N–H and O–H groups in total. The quantitative estimate of drug-likeness (QED) is 0.692. The van der Waals surface area contributed by atoms with Crippen LogP contribution in [0.5, 0.6) is 5.75 Å². The molecular weight excluding hydrogens is 366 g/mol. The molecule has 2 aliphatic rings. The van der Waals surface area contributed by atoms with Gasteiger partial charge < -0.3 is 9.72 Å². The second-order valence-electron chi connectivity index (χ2n) is 7.95. The van der Waals surface area contributed by atoms with Gasteiger partial charge in [0.2, 0.25) is 0 Å². The molecule has 6 nitrogen and oxygen atoms in total. The van der Waals surface area contributed by atoms with E-state index in [-0.39, 0.29) is 24.0 Å². The molecule has 148 valence electrons. The van der Waals surface area contributed by atoms with Gasteiger partial charge in [-0.2, -0.15) is 0 Å². The minimum atomic E-state index is -0.483. The number of fused-ring (bicyclic) bond motifs is 4. The maximum Gasteiger partial charge on any atom is 0.328 e. The molecule has 6 heteroatoms. The SMILES string of the molecule is COc1ccc(C2c3[nH]c4ccccc4c3CC3C(=O)N(C(C)C)C(=O)N32)cc1. The monoisotopic (exact) mass is 389 g/mol. The largest absolute Gasteiger partial charge is 0.497 e. The molecule has 0 radical (unpaired) electrons. The fourth-order valence-corrected chi connectivity index (χ4v) is 4.70. The predicted molar refractivity (Wildman–Crippen MR) is 110 cm³/mol. The minimum absolute atomic E-state index is 0.112. The van der Waals surface area contributed by atoms with Gasteiger partial charge in [0, 0.05) is 29.1 Å². The van der Waals surface area contributed by atoms with E-state index in [1.807, 2.05) is 56.3 Å². The number of imide groups is 1. The van der Waals surface area contributed by atoms with Crippen molar-refractivity contribution in [3.8, 4) is 5.75 Å². The Morgan fingerprint density at radius 1 is 1.07 bits per heavy atom. The van der Waals surface area contributed by atoms with Crippen LogP contribution in [0.1, 0.15) is 36.7 Å². The van der Waals surface area contributed by atoms with E-state index in [9.17, 15) is 9.59 Å². The van der Waals surface area contributed by atoms with Gasteiger partial charge in [0.1, 0.15) is 17.8 Å². The van der Waals surface area contributed by atoms with Crippen molar-refractivity contribution in [1.82, 2.24) is 14.8 Å². The first-order valence-corrected chi connectivity index (χ1v) is 9.90. The van der Waals surface area contributed by atoms with Crippen LogP contribution in [0, 0.1) is 0 Å². The summed E-state index contributed by atoms with van der Waals surface area (Å²) in [6.07, 6.45) is 0.528. The van der Waals surface area contributed by atoms with Gasteiger partial charge in [-0.05, 0) is 43.2 Å². The molecule has 3 amide bonds. The molecule has 2 aliphatic heterocycles. The predicted octanol–water partition coefficient (Wildman–Crippen LogP) is 3.86. The fraction of sp³-hybridized carbons (Fsp3) is 0.304. The first-order valence-electron chi connectivity index (χ1n) is 9.90. The Morgan fingerprint density at radius 3 is 2.48 bits per heavy atom. The molecule has 2 atom stereocenters. The second kappa shape index (κ2) is 6.37. The molecule has 29 heavy (non-hydrogen) atoms. The van der Waals surface area contributed by atoms with Gasteiger partial charge in [-0.1, -0.05) is 30.3 Å². The van der Waals surface area contributed by atoms with Gasteiger partial charge in [-0.3, -0.25) is 14.6 Å². The summed E-state index contributed by atoms with van der Waals surface area (Å²) in [5, 5.41) is 1.11. The fourth-order valence-electron chi connectivity index (χ4n) is 4.70. The van der Waals surface area contributed by atoms with Crippen LogP contribution in [0.2, 0.25) is 0 Å². The van der Waals surface area contributed by atoms with Crippen LogP contribution >= 0.6 is 0 Å². The van der Waals surface area contributed by atoms with Crippen LogP contribution < -0.4 is 4.74 Å². The molecule has 0 saturated carbocycles. The minimum Gasteiger partial charge on any atom is -0.497 e. The molecule has 5 rings (SSSR count). The maximum absolute atomic E-state index is 13.3. The molecule has 2 unspecified atom stereocenters. The number of hydrogen-bond acceptors (Lipinski definition) is 3. The number of hydrogen-bond donors (Lipinski definition) is 1. The second-order valence-corrected chi connectivity index (χ2v) is 7.95. The Morgan fingerprint density at radius 2 is 1.79 bits per heavy atom. The van der Waals surface area contributed by atoms with E-state index < -0.39 is 6.04 Å². The Labute approximate surface area is 169 Å². The number of H-pyrrole nitrogens is 1.